The molecule has 0 amide bonds. The predicted molar refractivity (Wildman–Crippen MR) is 245 cm³/mol. The van der Waals surface area contributed by atoms with Crippen LogP contribution in [0.4, 0.5) is 0 Å². The molecule has 0 radical (unpaired) electrons. The van der Waals surface area contributed by atoms with Crippen LogP contribution in [0.2, 0.25) is 0 Å². The van der Waals surface area contributed by atoms with E-state index >= 15 is 0 Å². The molecule has 0 aliphatic carbocycles. The Morgan fingerprint density at radius 3 is 1.60 bits per heavy atom. The molecule has 0 saturated heterocycles. The Kier molecular flexibility index (Phi) is 7.89. The van der Waals surface area contributed by atoms with E-state index in [1.165, 1.54) is 22.5 Å². The van der Waals surface area contributed by atoms with Crippen molar-refractivity contribution in [3.63, 3.8) is 0 Å². The van der Waals surface area contributed by atoms with Gasteiger partial charge in [-0.1, -0.05) is 152 Å². The van der Waals surface area contributed by atoms with E-state index in [9.17, 15) is 0 Å². The second-order valence-corrected chi connectivity index (χ2v) is 15.3. The first-order chi connectivity index (χ1) is 29.7. The Morgan fingerprint density at radius 1 is 0.367 bits per heavy atom. The highest BCUT2D eigenvalue weighted by Gasteiger charge is 2.20. The van der Waals surface area contributed by atoms with Crippen LogP contribution in [0.15, 0.2) is 188 Å². The molecule has 8 aromatic carbocycles. The van der Waals surface area contributed by atoms with Crippen LogP contribution in [0.3, 0.4) is 0 Å². The lowest BCUT2D eigenvalue weighted by Gasteiger charge is -2.13. The van der Waals surface area contributed by atoms with Crippen molar-refractivity contribution in [2.45, 2.75) is 0 Å². The molecule has 8 heteroatoms. The lowest BCUT2D eigenvalue weighted by molar-refractivity contribution is 1.07. The van der Waals surface area contributed by atoms with Gasteiger partial charge in [-0.3, -0.25) is 0 Å². The molecule has 0 atom stereocenters. The maximum Gasteiger partial charge on any atom is 0.164 e. The normalized spacial score (nSPS) is 11.7. The number of pyridine rings is 1. The van der Waals surface area contributed by atoms with Crippen molar-refractivity contribution in [2.75, 3.05) is 0 Å². The zero-order chi connectivity index (χ0) is 39.6. The minimum Gasteiger partial charge on any atom is -0.309 e. The van der Waals surface area contributed by atoms with Crippen LogP contribution in [0.5, 0.6) is 0 Å². The highest BCUT2D eigenvalue weighted by molar-refractivity contribution is 7.00. The summed E-state index contributed by atoms with van der Waals surface area (Å²) in [6.07, 6.45) is 0. The van der Waals surface area contributed by atoms with Gasteiger partial charge in [-0.2, -0.15) is 8.75 Å². The molecule has 0 unspecified atom stereocenters. The second kappa shape index (κ2) is 13.9. The number of nitrogens with zero attached hydrogens (tertiary/aromatic N) is 7. The zero-order valence-corrected chi connectivity index (χ0v) is 32.8. The topological polar surface area (TPSA) is 82.3 Å². The summed E-state index contributed by atoms with van der Waals surface area (Å²) in [7, 11) is 0. The van der Waals surface area contributed by atoms with E-state index in [1.807, 2.05) is 42.5 Å². The average Bonchev–Trinajstić information content (AvgIpc) is 3.95. The molecule has 0 fully saturated rings. The Hall–Kier alpha value is -7.94. The standard InChI is InChI=1S/C52H31N7S/c1-3-14-33(15-4-1)47-42-31-41(48-49(58-60-57-48)46(42)40-22-7-10-23-43(40)53-47)32-26-28-35(29-27-32)51-54-50(34-16-5-2-6-17-34)55-52(56-51)36-18-13-19-37(30-36)59-44-24-11-8-20-38(44)39-21-9-12-25-45(39)59/h1-31H. The molecule has 12 aromatic rings. The van der Waals surface area contributed by atoms with E-state index in [-0.39, 0.29) is 0 Å². The quantitative estimate of drug-likeness (QED) is 0.156. The highest BCUT2D eigenvalue weighted by Crippen LogP contribution is 2.41. The first kappa shape index (κ1) is 34.1. The van der Waals surface area contributed by atoms with Gasteiger partial charge >= 0.3 is 0 Å². The molecule has 280 valence electrons. The Bertz CT molecular complexity index is 3540. The SMILES string of the molecule is c1ccc(-c2nc(-c3ccc(-c4cc5c(-c6ccccc6)nc6ccccc6c5c5nsnc45)cc3)nc(-c3cccc(-n4c5ccccc5c5ccccc54)c3)n2)cc1. The molecule has 0 bridgehead atoms. The maximum absolute atomic E-state index is 5.20. The molecular weight excluding hydrogens is 755 g/mol. The molecule has 0 saturated carbocycles. The van der Waals surface area contributed by atoms with E-state index < -0.39 is 0 Å². The van der Waals surface area contributed by atoms with Gasteiger partial charge in [0.1, 0.15) is 11.0 Å². The van der Waals surface area contributed by atoms with Crippen molar-refractivity contribution in [1.82, 2.24) is 33.3 Å². The minimum atomic E-state index is 0.591. The van der Waals surface area contributed by atoms with Crippen molar-refractivity contribution < 1.29 is 0 Å². The maximum atomic E-state index is 5.20. The van der Waals surface area contributed by atoms with Gasteiger partial charge < -0.3 is 4.57 Å². The average molecular weight is 786 g/mol. The summed E-state index contributed by atoms with van der Waals surface area (Å²) in [6.45, 7) is 0. The van der Waals surface area contributed by atoms with Crippen molar-refractivity contribution in [3.05, 3.63) is 188 Å². The van der Waals surface area contributed by atoms with Gasteiger partial charge in [0.25, 0.3) is 0 Å². The number of rotatable bonds is 6. The van der Waals surface area contributed by atoms with Crippen LogP contribution in [0.25, 0.3) is 117 Å². The molecule has 7 nitrogen and oxygen atoms in total. The van der Waals surface area contributed by atoms with Crippen molar-refractivity contribution in [1.29, 1.82) is 0 Å². The van der Waals surface area contributed by atoms with E-state index in [1.54, 1.807) is 0 Å². The van der Waals surface area contributed by atoms with Crippen LogP contribution in [0.1, 0.15) is 0 Å². The summed E-state index contributed by atoms with van der Waals surface area (Å²) < 4.78 is 12.1. The third kappa shape index (κ3) is 5.57. The summed E-state index contributed by atoms with van der Waals surface area (Å²) in [5.74, 6) is 1.80. The fraction of sp³-hybridized carbons (Fsp3) is 0. The van der Waals surface area contributed by atoms with Gasteiger partial charge in [0, 0.05) is 60.4 Å². The minimum absolute atomic E-state index is 0.591. The monoisotopic (exact) mass is 785 g/mol. The Labute approximate surface area is 348 Å². The summed E-state index contributed by atoms with van der Waals surface area (Å²) in [5, 5.41) is 5.60. The number of para-hydroxylation sites is 3. The van der Waals surface area contributed by atoms with Crippen LogP contribution < -0.4 is 0 Å². The molecule has 0 N–H and O–H groups in total. The van der Waals surface area contributed by atoms with E-state index in [0.29, 0.717) is 17.5 Å². The third-order valence-electron chi connectivity index (χ3n) is 11.3. The largest absolute Gasteiger partial charge is 0.309 e. The van der Waals surface area contributed by atoms with Gasteiger partial charge in [-0.25, -0.2) is 19.9 Å². The van der Waals surface area contributed by atoms with Gasteiger partial charge in [0.2, 0.25) is 0 Å². The number of hydrogen-bond acceptors (Lipinski definition) is 7. The first-order valence-electron chi connectivity index (χ1n) is 19.8. The third-order valence-corrected chi connectivity index (χ3v) is 11.8. The van der Waals surface area contributed by atoms with Crippen LogP contribution in [0, 0.1) is 0 Å². The first-order valence-corrected chi connectivity index (χ1v) is 20.5. The van der Waals surface area contributed by atoms with Crippen molar-refractivity contribution >= 4 is 66.2 Å². The molecular formula is C52H31N7S. The fourth-order valence-corrected chi connectivity index (χ4v) is 9.10. The van der Waals surface area contributed by atoms with E-state index in [4.69, 9.17) is 28.7 Å². The van der Waals surface area contributed by atoms with Crippen LogP contribution in [-0.2, 0) is 0 Å². The van der Waals surface area contributed by atoms with Gasteiger partial charge in [-0.05, 0) is 42.0 Å². The molecule has 60 heavy (non-hydrogen) atoms. The Morgan fingerprint density at radius 2 is 0.900 bits per heavy atom. The molecule has 12 rings (SSSR count). The smallest absolute Gasteiger partial charge is 0.164 e. The highest BCUT2D eigenvalue weighted by atomic mass is 32.1. The lowest BCUT2D eigenvalue weighted by atomic mass is 9.94. The summed E-state index contributed by atoms with van der Waals surface area (Å²) in [5.41, 5.74) is 12.7. The van der Waals surface area contributed by atoms with Crippen molar-refractivity contribution in [2.24, 2.45) is 0 Å². The van der Waals surface area contributed by atoms with Crippen LogP contribution in [-0.4, -0.2) is 33.3 Å². The molecule has 0 aliphatic rings. The van der Waals surface area contributed by atoms with Crippen LogP contribution >= 0.6 is 11.7 Å². The fourth-order valence-electron chi connectivity index (χ4n) is 8.53. The second-order valence-electron chi connectivity index (χ2n) is 14.8. The number of hydrogen-bond donors (Lipinski definition) is 0. The molecule has 4 heterocycles. The van der Waals surface area contributed by atoms with Gasteiger partial charge in [0.05, 0.1) is 34.0 Å². The van der Waals surface area contributed by atoms with E-state index in [0.717, 1.165) is 88.5 Å². The predicted octanol–water partition coefficient (Wildman–Crippen LogP) is 13.0. The zero-order valence-electron chi connectivity index (χ0n) is 31.9. The number of fused-ring (bicyclic) bond motifs is 8. The summed E-state index contributed by atoms with van der Waals surface area (Å²) >= 11 is 1.24. The lowest BCUT2D eigenvalue weighted by Crippen LogP contribution is -2.01. The van der Waals surface area contributed by atoms with Gasteiger partial charge in [0.15, 0.2) is 17.5 Å². The van der Waals surface area contributed by atoms with Crippen molar-refractivity contribution in [3.8, 4) is 62.2 Å². The molecule has 0 aliphatic heterocycles. The number of benzene rings is 8. The van der Waals surface area contributed by atoms with E-state index in [2.05, 4.69) is 150 Å². The molecule has 0 spiro atoms. The Balaban J connectivity index is 0.996. The summed E-state index contributed by atoms with van der Waals surface area (Å²) in [4.78, 5) is 20.5. The molecule has 4 aromatic heterocycles. The number of aromatic nitrogens is 7. The summed E-state index contributed by atoms with van der Waals surface area (Å²) in [6, 6.07) is 65.0. The van der Waals surface area contributed by atoms with Gasteiger partial charge in [-0.15, -0.1) is 0 Å².